The number of likely N-dealkylation sites (tertiary alicyclic amines) is 1. The SMILES string of the molecule is CCCN1CCCC(O)(C(C)(C)C(=O)OCC)CC1. The number of rotatable bonds is 5. The molecule has 0 amide bonds. The molecule has 0 aromatic heterocycles. The minimum Gasteiger partial charge on any atom is -0.465 e. The fourth-order valence-corrected chi connectivity index (χ4v) is 2.84. The average molecular weight is 271 g/mol. The van der Waals surface area contributed by atoms with E-state index in [1.54, 1.807) is 20.8 Å². The summed E-state index contributed by atoms with van der Waals surface area (Å²) in [5.41, 5.74) is -1.80. The second-order valence-corrected chi connectivity index (χ2v) is 6.07. The lowest BCUT2D eigenvalue weighted by Crippen LogP contribution is -2.50. The summed E-state index contributed by atoms with van der Waals surface area (Å²) < 4.78 is 5.13. The maximum absolute atomic E-state index is 12.1. The van der Waals surface area contributed by atoms with Crippen molar-refractivity contribution in [1.82, 2.24) is 4.90 Å². The highest BCUT2D eigenvalue weighted by atomic mass is 16.5. The lowest BCUT2D eigenvalue weighted by molar-refractivity contribution is -0.172. The number of hydrogen-bond acceptors (Lipinski definition) is 4. The molecule has 1 N–H and O–H groups in total. The molecule has 0 aromatic rings. The monoisotopic (exact) mass is 271 g/mol. The van der Waals surface area contributed by atoms with Crippen molar-refractivity contribution in [2.45, 2.75) is 59.0 Å². The normalized spacial score (nSPS) is 25.9. The number of hydrogen-bond donors (Lipinski definition) is 1. The third-order valence-corrected chi connectivity index (χ3v) is 4.40. The Morgan fingerprint density at radius 2 is 2.00 bits per heavy atom. The summed E-state index contributed by atoms with van der Waals surface area (Å²) >= 11 is 0. The van der Waals surface area contributed by atoms with Gasteiger partial charge in [0.1, 0.15) is 0 Å². The summed E-state index contributed by atoms with van der Waals surface area (Å²) in [4.78, 5) is 14.5. The fourth-order valence-electron chi connectivity index (χ4n) is 2.84. The first kappa shape index (κ1) is 16.4. The van der Waals surface area contributed by atoms with Crippen LogP contribution in [0.2, 0.25) is 0 Å². The van der Waals surface area contributed by atoms with Crippen molar-refractivity contribution >= 4 is 5.97 Å². The number of aliphatic hydroxyl groups is 1. The molecule has 1 rings (SSSR count). The third kappa shape index (κ3) is 3.69. The predicted octanol–water partition coefficient (Wildman–Crippen LogP) is 2.20. The van der Waals surface area contributed by atoms with Gasteiger partial charge < -0.3 is 14.7 Å². The zero-order valence-electron chi connectivity index (χ0n) is 12.9. The smallest absolute Gasteiger partial charge is 0.314 e. The Labute approximate surface area is 117 Å². The molecule has 1 fully saturated rings. The second kappa shape index (κ2) is 6.71. The largest absolute Gasteiger partial charge is 0.465 e. The Morgan fingerprint density at radius 3 is 2.58 bits per heavy atom. The van der Waals surface area contributed by atoms with E-state index in [4.69, 9.17) is 4.74 Å². The van der Waals surface area contributed by atoms with Crippen LogP contribution in [-0.2, 0) is 9.53 Å². The van der Waals surface area contributed by atoms with E-state index in [0.717, 1.165) is 32.5 Å². The van der Waals surface area contributed by atoms with Crippen molar-refractivity contribution in [1.29, 1.82) is 0 Å². The zero-order chi connectivity index (χ0) is 14.5. The zero-order valence-corrected chi connectivity index (χ0v) is 12.9. The Bertz CT molecular complexity index is 304. The first-order chi connectivity index (χ1) is 8.87. The van der Waals surface area contributed by atoms with Gasteiger partial charge in [0.15, 0.2) is 0 Å². The third-order valence-electron chi connectivity index (χ3n) is 4.40. The molecule has 0 aromatic carbocycles. The van der Waals surface area contributed by atoms with Crippen molar-refractivity contribution in [2.75, 3.05) is 26.2 Å². The molecule has 0 radical (unpaired) electrons. The summed E-state index contributed by atoms with van der Waals surface area (Å²) in [5, 5.41) is 10.9. The van der Waals surface area contributed by atoms with Gasteiger partial charge in [0.05, 0.1) is 17.6 Å². The van der Waals surface area contributed by atoms with E-state index in [1.807, 2.05) is 0 Å². The Hall–Kier alpha value is -0.610. The van der Waals surface area contributed by atoms with E-state index >= 15 is 0 Å². The van der Waals surface area contributed by atoms with Crippen molar-refractivity contribution in [3.05, 3.63) is 0 Å². The van der Waals surface area contributed by atoms with Crippen LogP contribution in [0.25, 0.3) is 0 Å². The minimum atomic E-state index is -0.957. The van der Waals surface area contributed by atoms with Gasteiger partial charge in [-0.2, -0.15) is 0 Å². The van der Waals surface area contributed by atoms with Crippen LogP contribution in [0.4, 0.5) is 0 Å². The predicted molar refractivity (Wildman–Crippen MR) is 75.9 cm³/mol. The molecule has 1 atom stereocenters. The first-order valence-electron chi connectivity index (χ1n) is 7.49. The Morgan fingerprint density at radius 1 is 1.32 bits per heavy atom. The molecule has 0 aliphatic carbocycles. The van der Waals surface area contributed by atoms with E-state index in [1.165, 1.54) is 0 Å². The van der Waals surface area contributed by atoms with Gasteiger partial charge in [-0.1, -0.05) is 6.92 Å². The van der Waals surface area contributed by atoms with Crippen LogP contribution in [0.5, 0.6) is 0 Å². The van der Waals surface area contributed by atoms with Gasteiger partial charge in [0.25, 0.3) is 0 Å². The van der Waals surface area contributed by atoms with Gasteiger partial charge in [-0.25, -0.2) is 0 Å². The van der Waals surface area contributed by atoms with Crippen LogP contribution in [0.1, 0.15) is 53.4 Å². The summed E-state index contributed by atoms with van der Waals surface area (Å²) in [6, 6.07) is 0. The molecular formula is C15H29NO3. The summed E-state index contributed by atoms with van der Waals surface area (Å²) in [5.74, 6) is -0.290. The molecule has 1 unspecified atom stereocenters. The maximum Gasteiger partial charge on any atom is 0.314 e. The topological polar surface area (TPSA) is 49.8 Å². The molecule has 0 bridgehead atoms. The molecular weight excluding hydrogens is 242 g/mol. The molecule has 4 heteroatoms. The van der Waals surface area contributed by atoms with Crippen LogP contribution < -0.4 is 0 Å². The summed E-state index contributed by atoms with van der Waals surface area (Å²) in [7, 11) is 0. The molecule has 112 valence electrons. The number of ether oxygens (including phenoxy) is 1. The van der Waals surface area contributed by atoms with Gasteiger partial charge >= 0.3 is 5.97 Å². The van der Waals surface area contributed by atoms with Gasteiger partial charge in [-0.05, 0) is 59.5 Å². The maximum atomic E-state index is 12.1. The molecule has 1 aliphatic heterocycles. The number of carbonyl (C=O) groups is 1. The molecule has 1 heterocycles. The first-order valence-corrected chi connectivity index (χ1v) is 7.49. The summed E-state index contributed by atoms with van der Waals surface area (Å²) in [6.45, 7) is 10.9. The molecule has 0 saturated carbocycles. The Kier molecular flexibility index (Phi) is 5.81. The highest BCUT2D eigenvalue weighted by Crippen LogP contribution is 2.40. The fraction of sp³-hybridized carbons (Fsp3) is 0.933. The number of nitrogens with zero attached hydrogens (tertiary/aromatic N) is 1. The van der Waals surface area contributed by atoms with Crippen molar-refractivity contribution < 1.29 is 14.6 Å². The molecule has 1 saturated heterocycles. The number of esters is 1. The molecule has 0 spiro atoms. The van der Waals surface area contributed by atoms with E-state index in [-0.39, 0.29) is 5.97 Å². The number of carbonyl (C=O) groups excluding carboxylic acids is 1. The lowest BCUT2D eigenvalue weighted by Gasteiger charge is -2.40. The van der Waals surface area contributed by atoms with Gasteiger partial charge in [-0.3, -0.25) is 4.79 Å². The van der Waals surface area contributed by atoms with Crippen molar-refractivity contribution in [2.24, 2.45) is 5.41 Å². The minimum absolute atomic E-state index is 0.290. The van der Waals surface area contributed by atoms with Crippen LogP contribution in [0.3, 0.4) is 0 Å². The van der Waals surface area contributed by atoms with E-state index < -0.39 is 11.0 Å². The van der Waals surface area contributed by atoms with Gasteiger partial charge in [0, 0.05) is 6.54 Å². The molecule has 1 aliphatic rings. The molecule has 4 nitrogen and oxygen atoms in total. The second-order valence-electron chi connectivity index (χ2n) is 6.07. The lowest BCUT2D eigenvalue weighted by atomic mass is 9.70. The highest BCUT2D eigenvalue weighted by molar-refractivity contribution is 5.77. The average Bonchev–Trinajstić information content (AvgIpc) is 2.54. The van der Waals surface area contributed by atoms with E-state index in [0.29, 0.717) is 19.4 Å². The Balaban J connectivity index is 2.76. The standard InChI is InChI=1S/C15H29NO3/c1-5-10-16-11-7-8-15(18,9-12-16)14(3,4)13(17)19-6-2/h18H,5-12H2,1-4H3. The van der Waals surface area contributed by atoms with Crippen molar-refractivity contribution in [3.8, 4) is 0 Å². The highest BCUT2D eigenvalue weighted by Gasteiger charge is 2.49. The van der Waals surface area contributed by atoms with Crippen LogP contribution >= 0.6 is 0 Å². The quantitative estimate of drug-likeness (QED) is 0.779. The molecule has 19 heavy (non-hydrogen) atoms. The van der Waals surface area contributed by atoms with E-state index in [2.05, 4.69) is 11.8 Å². The van der Waals surface area contributed by atoms with Crippen molar-refractivity contribution in [3.63, 3.8) is 0 Å². The van der Waals surface area contributed by atoms with Crippen LogP contribution in [-0.4, -0.2) is 47.8 Å². The van der Waals surface area contributed by atoms with Gasteiger partial charge in [-0.15, -0.1) is 0 Å². The van der Waals surface area contributed by atoms with Gasteiger partial charge in [0.2, 0.25) is 0 Å². The van der Waals surface area contributed by atoms with Crippen LogP contribution in [0.15, 0.2) is 0 Å². The van der Waals surface area contributed by atoms with Crippen LogP contribution in [0, 0.1) is 5.41 Å². The summed E-state index contributed by atoms with van der Waals surface area (Å²) in [6.07, 6.45) is 3.36. The van der Waals surface area contributed by atoms with E-state index in [9.17, 15) is 9.90 Å².